The number of anilines is 1. The van der Waals surface area contributed by atoms with Gasteiger partial charge in [0.05, 0.1) is 10.9 Å². The Kier molecular flexibility index (Phi) is 4.12. The normalized spacial score (nSPS) is 10.5. The van der Waals surface area contributed by atoms with E-state index >= 15 is 0 Å². The van der Waals surface area contributed by atoms with Crippen molar-refractivity contribution in [1.82, 2.24) is 4.90 Å². The summed E-state index contributed by atoms with van der Waals surface area (Å²) >= 11 is 7.36. The summed E-state index contributed by atoms with van der Waals surface area (Å²) in [5, 5.41) is 0. The summed E-state index contributed by atoms with van der Waals surface area (Å²) in [5.41, 5.74) is 8.05. The maximum absolute atomic E-state index is 12.3. The topological polar surface area (TPSA) is 46.3 Å². The highest BCUT2D eigenvalue weighted by atomic mass is 35.5. The number of nitrogen functional groups attached to an aromatic ring is 1. The predicted octanol–water partition coefficient (Wildman–Crippen LogP) is 3.56. The van der Waals surface area contributed by atoms with Gasteiger partial charge in [-0.05, 0) is 36.8 Å². The van der Waals surface area contributed by atoms with Crippen molar-refractivity contribution in [1.29, 1.82) is 0 Å². The molecule has 2 rings (SSSR count). The Balaban J connectivity index is 2.12. The molecule has 19 heavy (non-hydrogen) atoms. The molecule has 0 saturated heterocycles. The number of nitrogens with two attached hydrogens (primary N) is 1. The molecule has 0 fully saturated rings. The Morgan fingerprint density at radius 1 is 1.37 bits per heavy atom. The summed E-state index contributed by atoms with van der Waals surface area (Å²) < 4.78 is 0.732. The van der Waals surface area contributed by atoms with E-state index < -0.39 is 0 Å². The van der Waals surface area contributed by atoms with Crippen molar-refractivity contribution in [3.63, 3.8) is 0 Å². The second kappa shape index (κ2) is 5.63. The summed E-state index contributed by atoms with van der Waals surface area (Å²) in [6.45, 7) is 2.46. The minimum absolute atomic E-state index is 0.0452. The van der Waals surface area contributed by atoms with Crippen molar-refractivity contribution < 1.29 is 4.79 Å². The number of benzene rings is 1. The summed E-state index contributed by atoms with van der Waals surface area (Å²) in [6, 6.07) is 9.14. The largest absolute Gasteiger partial charge is 0.398 e. The number of aryl methyl sites for hydroxylation is 1. The lowest BCUT2D eigenvalue weighted by Crippen LogP contribution is -2.25. The molecule has 1 amide bonds. The smallest absolute Gasteiger partial charge is 0.253 e. The molecular formula is C14H15ClN2OS. The molecule has 0 aliphatic heterocycles. The van der Waals surface area contributed by atoms with Gasteiger partial charge in [0.2, 0.25) is 0 Å². The fraction of sp³-hybridized carbons (Fsp3) is 0.214. The van der Waals surface area contributed by atoms with Crippen LogP contribution in [0.1, 0.15) is 20.8 Å². The van der Waals surface area contributed by atoms with E-state index in [1.54, 1.807) is 24.1 Å². The van der Waals surface area contributed by atoms with E-state index in [2.05, 4.69) is 0 Å². The van der Waals surface area contributed by atoms with Gasteiger partial charge in [0.25, 0.3) is 5.91 Å². The Morgan fingerprint density at radius 2 is 2.11 bits per heavy atom. The second-order valence-corrected chi connectivity index (χ2v) is 6.24. The average Bonchev–Trinajstić information content (AvgIpc) is 2.77. The van der Waals surface area contributed by atoms with Gasteiger partial charge in [-0.25, -0.2) is 0 Å². The van der Waals surface area contributed by atoms with Gasteiger partial charge in [-0.1, -0.05) is 17.7 Å². The first kappa shape index (κ1) is 13.9. The van der Waals surface area contributed by atoms with Gasteiger partial charge in [0.15, 0.2) is 0 Å². The third-order valence-corrected chi connectivity index (χ3v) is 4.11. The van der Waals surface area contributed by atoms with E-state index in [1.165, 1.54) is 11.3 Å². The van der Waals surface area contributed by atoms with Crippen molar-refractivity contribution in [3.8, 4) is 0 Å². The molecule has 100 valence electrons. The first-order chi connectivity index (χ1) is 8.97. The van der Waals surface area contributed by atoms with Gasteiger partial charge in [-0.15, -0.1) is 11.3 Å². The molecule has 1 aromatic carbocycles. The van der Waals surface area contributed by atoms with Crippen LogP contribution >= 0.6 is 22.9 Å². The Labute approximate surface area is 121 Å². The first-order valence-electron chi connectivity index (χ1n) is 5.83. The minimum atomic E-state index is -0.0452. The molecule has 1 aromatic heterocycles. The molecule has 3 nitrogen and oxygen atoms in total. The Hall–Kier alpha value is -1.52. The number of carbonyl (C=O) groups excluding carboxylic acids is 1. The molecule has 0 atom stereocenters. The summed E-state index contributed by atoms with van der Waals surface area (Å²) in [5.74, 6) is -0.0452. The maximum Gasteiger partial charge on any atom is 0.253 e. The van der Waals surface area contributed by atoms with E-state index in [9.17, 15) is 4.79 Å². The standard InChI is InChI=1S/C14H15ClN2OS/c1-9-3-4-10(7-12(9)16)14(18)17(2)8-11-5-6-13(15)19-11/h3-7H,8,16H2,1-2H3. The maximum atomic E-state index is 12.3. The van der Waals surface area contributed by atoms with Crippen molar-refractivity contribution >= 4 is 34.5 Å². The van der Waals surface area contributed by atoms with Crippen LogP contribution in [0.15, 0.2) is 30.3 Å². The van der Waals surface area contributed by atoms with Gasteiger partial charge in [-0.3, -0.25) is 4.79 Å². The van der Waals surface area contributed by atoms with Crippen LogP contribution in [0.2, 0.25) is 4.34 Å². The number of hydrogen-bond acceptors (Lipinski definition) is 3. The number of halogens is 1. The molecule has 0 bridgehead atoms. The van der Waals surface area contributed by atoms with E-state index in [1.807, 2.05) is 25.1 Å². The number of nitrogens with zero attached hydrogens (tertiary/aromatic N) is 1. The highest BCUT2D eigenvalue weighted by Crippen LogP contribution is 2.23. The molecule has 0 unspecified atom stereocenters. The zero-order valence-corrected chi connectivity index (χ0v) is 12.4. The Bertz CT molecular complexity index is 609. The quantitative estimate of drug-likeness (QED) is 0.880. The molecule has 0 aliphatic carbocycles. The van der Waals surface area contributed by atoms with Gasteiger partial charge in [0.1, 0.15) is 0 Å². The fourth-order valence-electron chi connectivity index (χ4n) is 1.74. The number of amides is 1. The van der Waals surface area contributed by atoms with E-state index in [0.717, 1.165) is 14.8 Å². The van der Waals surface area contributed by atoms with Crippen LogP contribution in [0.3, 0.4) is 0 Å². The van der Waals surface area contributed by atoms with Crippen LogP contribution in [-0.2, 0) is 6.54 Å². The van der Waals surface area contributed by atoms with Crippen LogP contribution in [0.4, 0.5) is 5.69 Å². The third-order valence-electron chi connectivity index (χ3n) is 2.89. The molecule has 2 aromatic rings. The molecule has 0 spiro atoms. The number of rotatable bonds is 3. The molecular weight excluding hydrogens is 280 g/mol. The van der Waals surface area contributed by atoms with Gasteiger partial charge in [-0.2, -0.15) is 0 Å². The summed E-state index contributed by atoms with van der Waals surface area (Å²) in [7, 11) is 1.77. The van der Waals surface area contributed by atoms with Gasteiger partial charge in [0, 0.05) is 23.2 Å². The van der Waals surface area contributed by atoms with Crippen molar-refractivity contribution in [2.45, 2.75) is 13.5 Å². The Morgan fingerprint density at radius 3 is 2.68 bits per heavy atom. The SMILES string of the molecule is Cc1ccc(C(=O)N(C)Cc2ccc(Cl)s2)cc1N. The highest BCUT2D eigenvalue weighted by molar-refractivity contribution is 7.16. The van der Waals surface area contributed by atoms with Crippen LogP contribution in [0, 0.1) is 6.92 Å². The zero-order valence-electron chi connectivity index (χ0n) is 10.8. The van der Waals surface area contributed by atoms with Crippen LogP contribution in [0.5, 0.6) is 0 Å². The second-order valence-electron chi connectivity index (χ2n) is 4.44. The predicted molar refractivity (Wildman–Crippen MR) is 80.7 cm³/mol. The monoisotopic (exact) mass is 294 g/mol. The van der Waals surface area contributed by atoms with E-state index in [0.29, 0.717) is 17.8 Å². The zero-order chi connectivity index (χ0) is 14.0. The van der Waals surface area contributed by atoms with Crippen LogP contribution in [-0.4, -0.2) is 17.9 Å². The first-order valence-corrected chi connectivity index (χ1v) is 7.02. The molecule has 1 heterocycles. The van der Waals surface area contributed by atoms with Crippen molar-refractivity contribution in [3.05, 3.63) is 50.7 Å². The molecule has 5 heteroatoms. The number of carbonyl (C=O) groups is 1. The lowest BCUT2D eigenvalue weighted by molar-refractivity contribution is 0.0786. The minimum Gasteiger partial charge on any atom is -0.398 e. The lowest BCUT2D eigenvalue weighted by Gasteiger charge is -2.16. The number of hydrogen-bond donors (Lipinski definition) is 1. The molecule has 0 saturated carbocycles. The third kappa shape index (κ3) is 3.28. The average molecular weight is 295 g/mol. The molecule has 0 aliphatic rings. The van der Waals surface area contributed by atoms with Crippen LogP contribution < -0.4 is 5.73 Å². The van der Waals surface area contributed by atoms with Crippen molar-refractivity contribution in [2.24, 2.45) is 0 Å². The van der Waals surface area contributed by atoms with Crippen LogP contribution in [0.25, 0.3) is 0 Å². The molecule has 2 N–H and O–H groups in total. The summed E-state index contributed by atoms with van der Waals surface area (Å²) in [6.07, 6.45) is 0. The van der Waals surface area contributed by atoms with E-state index in [-0.39, 0.29) is 5.91 Å². The lowest BCUT2D eigenvalue weighted by atomic mass is 10.1. The number of thiophene rings is 1. The highest BCUT2D eigenvalue weighted by Gasteiger charge is 2.13. The van der Waals surface area contributed by atoms with Gasteiger partial charge < -0.3 is 10.6 Å². The molecule has 0 radical (unpaired) electrons. The van der Waals surface area contributed by atoms with Crippen molar-refractivity contribution in [2.75, 3.05) is 12.8 Å². The van der Waals surface area contributed by atoms with Gasteiger partial charge >= 0.3 is 0 Å². The fourth-order valence-corrected chi connectivity index (χ4v) is 2.88. The van der Waals surface area contributed by atoms with E-state index in [4.69, 9.17) is 17.3 Å². The summed E-state index contributed by atoms with van der Waals surface area (Å²) in [4.78, 5) is 15.0.